The molecule has 0 radical (unpaired) electrons. The first-order valence-electron chi connectivity index (χ1n) is 10.2. The van der Waals surface area contributed by atoms with Crippen molar-refractivity contribution in [3.05, 3.63) is 0 Å². The van der Waals surface area contributed by atoms with Crippen LogP contribution in [0.25, 0.3) is 0 Å². The molecule has 3 amide bonds. The SMILES string of the molecule is CC(C)(C)OC(=O)NCCCCCCNC(=O)CCNC(=O)[C@H](O)C(C)(C)CO. The van der Waals surface area contributed by atoms with Crippen LogP contribution in [0, 0.1) is 5.41 Å². The van der Waals surface area contributed by atoms with Crippen LogP contribution in [0.5, 0.6) is 0 Å². The summed E-state index contributed by atoms with van der Waals surface area (Å²) in [6.07, 6.45) is 1.90. The van der Waals surface area contributed by atoms with E-state index in [1.807, 2.05) is 20.8 Å². The molecule has 0 aromatic carbocycles. The van der Waals surface area contributed by atoms with Crippen LogP contribution in [0.3, 0.4) is 0 Å². The molecule has 9 heteroatoms. The number of aliphatic hydroxyl groups excluding tert-OH is 2. The van der Waals surface area contributed by atoms with Crippen molar-refractivity contribution in [1.29, 1.82) is 0 Å². The van der Waals surface area contributed by atoms with Crippen LogP contribution in [0.15, 0.2) is 0 Å². The molecular weight excluding hydrogens is 378 g/mol. The third-order valence-corrected chi connectivity index (χ3v) is 4.14. The number of amides is 3. The quantitative estimate of drug-likeness (QED) is 0.284. The molecule has 170 valence electrons. The van der Waals surface area contributed by atoms with E-state index < -0.39 is 29.1 Å². The lowest BCUT2D eigenvalue weighted by Gasteiger charge is -2.27. The Kier molecular flexibility index (Phi) is 12.5. The second-order valence-corrected chi connectivity index (χ2v) is 8.78. The minimum Gasteiger partial charge on any atom is -0.444 e. The van der Waals surface area contributed by atoms with Crippen LogP contribution in [0.1, 0.15) is 66.7 Å². The summed E-state index contributed by atoms with van der Waals surface area (Å²) in [6, 6.07) is 0. The van der Waals surface area contributed by atoms with E-state index in [1.54, 1.807) is 13.8 Å². The van der Waals surface area contributed by atoms with Gasteiger partial charge in [-0.25, -0.2) is 4.79 Å². The monoisotopic (exact) mass is 417 g/mol. The fraction of sp³-hybridized carbons (Fsp3) is 0.850. The molecule has 5 N–H and O–H groups in total. The molecule has 9 nitrogen and oxygen atoms in total. The summed E-state index contributed by atoms with van der Waals surface area (Å²) in [7, 11) is 0. The second kappa shape index (κ2) is 13.4. The Labute approximate surface area is 174 Å². The van der Waals surface area contributed by atoms with Gasteiger partial charge in [-0.2, -0.15) is 0 Å². The number of rotatable bonds is 13. The van der Waals surface area contributed by atoms with E-state index in [4.69, 9.17) is 9.84 Å². The molecule has 0 aliphatic rings. The van der Waals surface area contributed by atoms with Gasteiger partial charge in [0.1, 0.15) is 11.7 Å². The van der Waals surface area contributed by atoms with E-state index in [0.29, 0.717) is 13.1 Å². The highest BCUT2D eigenvalue weighted by Gasteiger charge is 2.32. The number of aliphatic hydroxyl groups is 2. The van der Waals surface area contributed by atoms with E-state index in [2.05, 4.69) is 16.0 Å². The number of hydrogen-bond donors (Lipinski definition) is 5. The van der Waals surface area contributed by atoms with Gasteiger partial charge in [-0.3, -0.25) is 9.59 Å². The van der Waals surface area contributed by atoms with Crippen LogP contribution < -0.4 is 16.0 Å². The lowest BCUT2D eigenvalue weighted by molar-refractivity contribution is -0.137. The second-order valence-electron chi connectivity index (χ2n) is 8.78. The Morgan fingerprint density at radius 3 is 1.93 bits per heavy atom. The summed E-state index contributed by atoms with van der Waals surface area (Å²) in [5.74, 6) is -0.773. The van der Waals surface area contributed by atoms with Gasteiger partial charge in [0.05, 0.1) is 6.61 Å². The summed E-state index contributed by atoms with van der Waals surface area (Å²) >= 11 is 0. The van der Waals surface area contributed by atoms with Crippen molar-refractivity contribution in [2.45, 2.75) is 78.4 Å². The maximum atomic E-state index is 11.8. The molecule has 0 saturated carbocycles. The third kappa shape index (κ3) is 13.9. The van der Waals surface area contributed by atoms with Gasteiger partial charge in [-0.05, 0) is 33.6 Å². The molecule has 0 aliphatic heterocycles. The Morgan fingerprint density at radius 2 is 1.41 bits per heavy atom. The van der Waals surface area contributed by atoms with Gasteiger partial charge >= 0.3 is 6.09 Å². The van der Waals surface area contributed by atoms with Crippen molar-refractivity contribution in [2.75, 3.05) is 26.2 Å². The summed E-state index contributed by atoms with van der Waals surface area (Å²) in [5, 5.41) is 27.0. The number of nitrogens with one attached hydrogen (secondary N) is 3. The van der Waals surface area contributed by atoms with E-state index in [-0.39, 0.29) is 25.5 Å². The Morgan fingerprint density at radius 1 is 0.862 bits per heavy atom. The average molecular weight is 418 g/mol. The molecule has 0 spiro atoms. The molecular formula is C20H39N3O6. The highest BCUT2D eigenvalue weighted by atomic mass is 16.6. The van der Waals surface area contributed by atoms with Crippen molar-refractivity contribution in [1.82, 2.24) is 16.0 Å². The van der Waals surface area contributed by atoms with Crippen molar-refractivity contribution in [3.8, 4) is 0 Å². The lowest BCUT2D eigenvalue weighted by Crippen LogP contribution is -2.46. The molecule has 0 unspecified atom stereocenters. The predicted octanol–water partition coefficient (Wildman–Crippen LogP) is 1.07. The molecule has 0 fully saturated rings. The third-order valence-electron chi connectivity index (χ3n) is 4.14. The molecule has 0 aromatic rings. The van der Waals surface area contributed by atoms with Gasteiger partial charge in [0.2, 0.25) is 11.8 Å². The van der Waals surface area contributed by atoms with Crippen molar-refractivity contribution in [3.63, 3.8) is 0 Å². The van der Waals surface area contributed by atoms with Crippen LogP contribution in [-0.4, -0.2) is 66.1 Å². The zero-order valence-electron chi connectivity index (χ0n) is 18.5. The van der Waals surface area contributed by atoms with E-state index >= 15 is 0 Å². The lowest BCUT2D eigenvalue weighted by atomic mass is 9.87. The van der Waals surface area contributed by atoms with Crippen molar-refractivity contribution >= 4 is 17.9 Å². The number of alkyl carbamates (subject to hydrolysis) is 1. The standard InChI is InChI=1S/C20H39N3O6/c1-19(2,3)29-18(28)23-12-9-7-6-8-11-21-15(25)10-13-22-17(27)16(26)20(4,5)14-24/h16,24,26H,6-14H2,1-5H3,(H,21,25)(H,22,27)(H,23,28)/t16-/m0/s1. The van der Waals surface area contributed by atoms with Crippen LogP contribution in [-0.2, 0) is 14.3 Å². The Bertz CT molecular complexity index is 517. The average Bonchev–Trinajstić information content (AvgIpc) is 2.61. The van der Waals surface area contributed by atoms with E-state index in [9.17, 15) is 19.5 Å². The highest BCUT2D eigenvalue weighted by Crippen LogP contribution is 2.19. The Hall–Kier alpha value is -1.87. The Balaban J connectivity index is 3.66. The summed E-state index contributed by atoms with van der Waals surface area (Å²) < 4.78 is 5.14. The minimum atomic E-state index is -1.33. The molecule has 0 heterocycles. The maximum absolute atomic E-state index is 11.8. The first-order valence-corrected chi connectivity index (χ1v) is 10.2. The van der Waals surface area contributed by atoms with E-state index in [0.717, 1.165) is 25.7 Å². The number of unbranched alkanes of at least 4 members (excludes halogenated alkanes) is 3. The van der Waals surface area contributed by atoms with Crippen LogP contribution in [0.2, 0.25) is 0 Å². The summed E-state index contributed by atoms with van der Waals surface area (Å²) in [5.41, 5.74) is -1.43. The molecule has 1 atom stereocenters. The minimum absolute atomic E-state index is 0.123. The predicted molar refractivity (Wildman–Crippen MR) is 110 cm³/mol. The van der Waals surface area contributed by atoms with Crippen LogP contribution >= 0.6 is 0 Å². The molecule has 0 saturated heterocycles. The van der Waals surface area contributed by atoms with Gasteiger partial charge in [0, 0.05) is 31.5 Å². The smallest absolute Gasteiger partial charge is 0.407 e. The first-order chi connectivity index (χ1) is 13.4. The van der Waals surface area contributed by atoms with Gasteiger partial charge < -0.3 is 30.9 Å². The van der Waals surface area contributed by atoms with E-state index in [1.165, 1.54) is 0 Å². The zero-order valence-corrected chi connectivity index (χ0v) is 18.5. The number of ether oxygens (including phenoxy) is 1. The zero-order chi connectivity index (χ0) is 22.5. The molecule has 0 aliphatic carbocycles. The maximum Gasteiger partial charge on any atom is 0.407 e. The van der Waals surface area contributed by atoms with Gasteiger partial charge in [0.15, 0.2) is 0 Å². The fourth-order valence-electron chi connectivity index (χ4n) is 2.26. The van der Waals surface area contributed by atoms with Gasteiger partial charge in [-0.1, -0.05) is 26.7 Å². The summed E-state index contributed by atoms with van der Waals surface area (Å²) in [6.45, 7) is 9.52. The van der Waals surface area contributed by atoms with Crippen molar-refractivity contribution in [2.24, 2.45) is 5.41 Å². The summed E-state index contributed by atoms with van der Waals surface area (Å²) in [4.78, 5) is 35.0. The number of carbonyl (C=O) groups is 3. The first kappa shape index (κ1) is 27.1. The molecule has 0 rings (SSSR count). The molecule has 29 heavy (non-hydrogen) atoms. The highest BCUT2D eigenvalue weighted by molar-refractivity contribution is 5.82. The van der Waals surface area contributed by atoms with Gasteiger partial charge in [-0.15, -0.1) is 0 Å². The normalized spacial score (nSPS) is 12.8. The number of carbonyl (C=O) groups excluding carboxylic acids is 3. The largest absolute Gasteiger partial charge is 0.444 e. The fourth-order valence-corrected chi connectivity index (χ4v) is 2.26. The number of hydrogen-bond acceptors (Lipinski definition) is 6. The van der Waals surface area contributed by atoms with Crippen LogP contribution in [0.4, 0.5) is 4.79 Å². The topological polar surface area (TPSA) is 137 Å². The van der Waals surface area contributed by atoms with Crippen molar-refractivity contribution < 1.29 is 29.3 Å². The molecule has 0 aromatic heterocycles. The molecule has 0 bridgehead atoms. The van der Waals surface area contributed by atoms with Gasteiger partial charge in [0.25, 0.3) is 0 Å².